The van der Waals surface area contributed by atoms with Crippen molar-refractivity contribution in [2.24, 2.45) is 0 Å². The average molecular weight is 303 g/mol. The number of aromatic hydroxyl groups is 1. The summed E-state index contributed by atoms with van der Waals surface area (Å²) >= 11 is 1.74. The first kappa shape index (κ1) is 13.0. The number of phenolic OH excluding ortho intramolecular Hbond substituents is 1. The molecule has 106 valence electrons. The van der Waals surface area contributed by atoms with Gasteiger partial charge in [0, 0.05) is 33.6 Å². The predicted octanol–water partition coefficient (Wildman–Crippen LogP) is 5.34. The maximum Gasteiger partial charge on any atom is 0.115 e. The van der Waals surface area contributed by atoms with E-state index in [4.69, 9.17) is 0 Å². The molecule has 0 aliphatic heterocycles. The summed E-state index contributed by atoms with van der Waals surface area (Å²) in [7, 11) is 0. The van der Waals surface area contributed by atoms with E-state index in [2.05, 4.69) is 34.6 Å². The van der Waals surface area contributed by atoms with Gasteiger partial charge < -0.3 is 5.11 Å². The molecule has 0 saturated carbocycles. The van der Waals surface area contributed by atoms with Crippen LogP contribution in [0.15, 0.2) is 72.4 Å². The summed E-state index contributed by atoms with van der Waals surface area (Å²) in [6.07, 6.45) is 3.69. The molecule has 4 aromatic rings. The van der Waals surface area contributed by atoms with E-state index >= 15 is 0 Å². The van der Waals surface area contributed by atoms with Gasteiger partial charge in [-0.2, -0.15) is 0 Å². The molecule has 0 aliphatic carbocycles. The number of benzene rings is 2. The Labute approximate surface area is 132 Å². The average Bonchev–Trinajstić information content (AvgIpc) is 2.99. The van der Waals surface area contributed by atoms with E-state index in [9.17, 15) is 5.11 Å². The third kappa shape index (κ3) is 2.26. The van der Waals surface area contributed by atoms with E-state index in [0.29, 0.717) is 5.75 Å². The lowest BCUT2D eigenvalue weighted by molar-refractivity contribution is 0.475. The van der Waals surface area contributed by atoms with Crippen LogP contribution in [0.4, 0.5) is 0 Å². The molecule has 0 amide bonds. The molecule has 1 N–H and O–H groups in total. The second kappa shape index (κ2) is 5.28. The lowest BCUT2D eigenvalue weighted by atomic mass is 10.0. The number of nitrogens with zero attached hydrogens (tertiary/aromatic N) is 1. The Hall–Kier alpha value is -2.65. The Morgan fingerprint density at radius 2 is 1.68 bits per heavy atom. The first-order chi connectivity index (χ1) is 10.8. The number of hydrogen-bond donors (Lipinski definition) is 1. The van der Waals surface area contributed by atoms with Crippen LogP contribution in [0.25, 0.3) is 32.3 Å². The minimum absolute atomic E-state index is 0.291. The maximum atomic E-state index is 9.40. The third-order valence-electron chi connectivity index (χ3n) is 3.75. The Bertz CT molecular complexity index is 927. The first-order valence-electron chi connectivity index (χ1n) is 7.02. The van der Waals surface area contributed by atoms with E-state index in [0.717, 1.165) is 16.7 Å². The summed E-state index contributed by atoms with van der Waals surface area (Å²) in [5.74, 6) is 0.291. The molecule has 4 rings (SSSR count). The number of aromatic nitrogens is 1. The van der Waals surface area contributed by atoms with Crippen molar-refractivity contribution in [3.8, 4) is 28.0 Å². The Morgan fingerprint density at radius 1 is 0.864 bits per heavy atom. The van der Waals surface area contributed by atoms with E-state index in [1.54, 1.807) is 29.7 Å². The number of pyridine rings is 1. The van der Waals surface area contributed by atoms with Gasteiger partial charge in [0.05, 0.1) is 0 Å². The van der Waals surface area contributed by atoms with Crippen LogP contribution in [-0.4, -0.2) is 10.1 Å². The molecule has 3 heteroatoms. The van der Waals surface area contributed by atoms with Gasteiger partial charge in [-0.25, -0.2) is 0 Å². The summed E-state index contributed by atoms with van der Waals surface area (Å²) in [5.41, 5.74) is 4.64. The lowest BCUT2D eigenvalue weighted by Crippen LogP contribution is -1.79. The van der Waals surface area contributed by atoms with Crippen molar-refractivity contribution in [2.45, 2.75) is 0 Å². The fourth-order valence-electron chi connectivity index (χ4n) is 2.61. The zero-order valence-electron chi connectivity index (χ0n) is 11.7. The van der Waals surface area contributed by atoms with Gasteiger partial charge in [-0.15, -0.1) is 11.3 Å². The summed E-state index contributed by atoms with van der Waals surface area (Å²) in [4.78, 5) is 4.20. The van der Waals surface area contributed by atoms with Crippen molar-refractivity contribution >= 4 is 21.4 Å². The minimum atomic E-state index is 0.291. The molecule has 0 fully saturated rings. The molecule has 2 aromatic carbocycles. The van der Waals surface area contributed by atoms with Gasteiger partial charge in [0.25, 0.3) is 0 Å². The van der Waals surface area contributed by atoms with Gasteiger partial charge in [0.1, 0.15) is 5.75 Å². The first-order valence-corrected chi connectivity index (χ1v) is 7.90. The summed E-state index contributed by atoms with van der Waals surface area (Å²) < 4.78 is 1.25. The molecule has 0 spiro atoms. The van der Waals surface area contributed by atoms with Crippen LogP contribution in [-0.2, 0) is 0 Å². The number of phenols is 1. The van der Waals surface area contributed by atoms with Crippen molar-refractivity contribution in [1.29, 1.82) is 0 Å². The van der Waals surface area contributed by atoms with E-state index in [-0.39, 0.29) is 0 Å². The number of fused-ring (bicyclic) bond motifs is 1. The summed E-state index contributed by atoms with van der Waals surface area (Å²) in [6, 6.07) is 17.8. The zero-order chi connectivity index (χ0) is 14.9. The largest absolute Gasteiger partial charge is 0.508 e. The molecule has 2 heterocycles. The van der Waals surface area contributed by atoms with Crippen LogP contribution < -0.4 is 0 Å². The van der Waals surface area contributed by atoms with Gasteiger partial charge in [0.2, 0.25) is 0 Å². The second-order valence-corrected chi connectivity index (χ2v) is 6.06. The van der Waals surface area contributed by atoms with E-state index < -0.39 is 0 Å². The van der Waals surface area contributed by atoms with Gasteiger partial charge in [-0.1, -0.05) is 30.3 Å². The third-order valence-corrected chi connectivity index (χ3v) is 4.69. The fourth-order valence-corrected chi connectivity index (χ4v) is 3.62. The van der Waals surface area contributed by atoms with Crippen LogP contribution >= 0.6 is 11.3 Å². The molecule has 22 heavy (non-hydrogen) atoms. The zero-order valence-corrected chi connectivity index (χ0v) is 12.5. The van der Waals surface area contributed by atoms with Crippen molar-refractivity contribution in [1.82, 2.24) is 4.98 Å². The lowest BCUT2D eigenvalue weighted by Gasteiger charge is -2.03. The molecule has 0 atom stereocenters. The SMILES string of the molecule is Oc1ccc(-c2ccc3c(-c4cccnc4)csc3c2)cc1. The fraction of sp³-hybridized carbons (Fsp3) is 0. The normalized spacial score (nSPS) is 10.9. The predicted molar refractivity (Wildman–Crippen MR) is 92.2 cm³/mol. The second-order valence-electron chi connectivity index (χ2n) is 5.15. The topological polar surface area (TPSA) is 33.1 Å². The number of hydrogen-bond acceptors (Lipinski definition) is 3. The van der Waals surface area contributed by atoms with Gasteiger partial charge in [0.15, 0.2) is 0 Å². The number of rotatable bonds is 2. The van der Waals surface area contributed by atoms with Crippen LogP contribution in [0.1, 0.15) is 0 Å². The smallest absolute Gasteiger partial charge is 0.115 e. The molecule has 0 aliphatic rings. The van der Waals surface area contributed by atoms with Gasteiger partial charge in [-0.3, -0.25) is 4.98 Å². The molecular formula is C19H13NOS. The summed E-state index contributed by atoms with van der Waals surface area (Å²) in [6.45, 7) is 0. The van der Waals surface area contributed by atoms with Crippen LogP contribution in [0.2, 0.25) is 0 Å². The van der Waals surface area contributed by atoms with Crippen LogP contribution in [0.5, 0.6) is 5.75 Å². The van der Waals surface area contributed by atoms with E-state index in [1.165, 1.54) is 15.6 Å². The highest BCUT2D eigenvalue weighted by Crippen LogP contribution is 2.36. The molecular weight excluding hydrogens is 290 g/mol. The highest BCUT2D eigenvalue weighted by molar-refractivity contribution is 7.17. The van der Waals surface area contributed by atoms with Crippen molar-refractivity contribution in [2.75, 3.05) is 0 Å². The van der Waals surface area contributed by atoms with Crippen molar-refractivity contribution in [3.63, 3.8) is 0 Å². The molecule has 2 nitrogen and oxygen atoms in total. The molecule has 0 bridgehead atoms. The quantitative estimate of drug-likeness (QED) is 0.542. The Balaban J connectivity index is 1.82. The highest BCUT2D eigenvalue weighted by atomic mass is 32.1. The van der Waals surface area contributed by atoms with Crippen LogP contribution in [0.3, 0.4) is 0 Å². The number of thiophene rings is 1. The Morgan fingerprint density at radius 3 is 2.45 bits per heavy atom. The van der Waals surface area contributed by atoms with Gasteiger partial charge in [-0.05, 0) is 40.8 Å². The standard InChI is InChI=1S/C19H13NOS/c21-16-6-3-13(4-7-16)14-5-8-17-18(12-22-19(17)10-14)15-2-1-9-20-11-15/h1-12,21H. The monoisotopic (exact) mass is 303 g/mol. The van der Waals surface area contributed by atoms with Crippen molar-refractivity contribution < 1.29 is 5.11 Å². The summed E-state index contributed by atoms with van der Waals surface area (Å²) in [5, 5.41) is 12.8. The highest BCUT2D eigenvalue weighted by Gasteiger charge is 2.08. The minimum Gasteiger partial charge on any atom is -0.508 e. The molecule has 2 aromatic heterocycles. The van der Waals surface area contributed by atoms with Gasteiger partial charge >= 0.3 is 0 Å². The van der Waals surface area contributed by atoms with Crippen molar-refractivity contribution in [3.05, 3.63) is 72.4 Å². The maximum absolute atomic E-state index is 9.40. The van der Waals surface area contributed by atoms with Crippen LogP contribution in [0, 0.1) is 0 Å². The molecule has 0 unspecified atom stereocenters. The van der Waals surface area contributed by atoms with E-state index in [1.807, 2.05) is 24.4 Å². The molecule has 0 radical (unpaired) electrons. The molecule has 0 saturated heterocycles. The Kier molecular flexibility index (Phi) is 3.13.